The summed E-state index contributed by atoms with van der Waals surface area (Å²) in [5.41, 5.74) is 0.623. The molecule has 0 saturated heterocycles. The Hall–Kier alpha value is -6.12. The summed E-state index contributed by atoms with van der Waals surface area (Å²) >= 11 is 0. The van der Waals surface area contributed by atoms with E-state index in [1.165, 1.54) is 52.1 Å². The van der Waals surface area contributed by atoms with E-state index in [0.29, 0.717) is 11.1 Å². The lowest BCUT2D eigenvalue weighted by Crippen LogP contribution is -2.40. The number of esters is 5. The second kappa shape index (κ2) is 14.6. The molecule has 4 atom stereocenters. The first kappa shape index (κ1) is 35.2. The number of hydrogen-bond donors (Lipinski definition) is 0. The monoisotopic (exact) mass is 692 g/mol. The minimum absolute atomic E-state index is 0.0658. The molecule has 0 amide bonds. The number of carbonyl (C=O) groups excluding carboxylic acids is 6. The van der Waals surface area contributed by atoms with E-state index in [4.69, 9.17) is 42.6 Å². The highest BCUT2D eigenvalue weighted by Gasteiger charge is 2.44. The van der Waals surface area contributed by atoms with Crippen molar-refractivity contribution in [3.05, 3.63) is 65.2 Å². The van der Waals surface area contributed by atoms with Crippen LogP contribution in [0.3, 0.4) is 0 Å². The van der Waals surface area contributed by atoms with Gasteiger partial charge in [0, 0.05) is 57.9 Å². The van der Waals surface area contributed by atoms with Crippen molar-refractivity contribution in [2.24, 2.45) is 0 Å². The standard InChI is InChI=1S/C35H32O15/c1-16(36)43-15-30-33(21-7-9-24(45-18(3)38)26(11-21)42-6)49-27-12-22(8-10-25(27)48-30)34-35(47-20(5)40)32(41)31-28(46-19(4)39)13-23(44-17(2)37)14-29(31)50-34/h7-14,30,33-35H,15H2,1-6H3/t30-,33-,34-,35-/m1/s1. The maximum Gasteiger partial charge on any atom is 0.308 e. The van der Waals surface area contributed by atoms with Crippen LogP contribution in [0.2, 0.25) is 0 Å². The Morgan fingerprint density at radius 2 is 1.26 bits per heavy atom. The first-order chi connectivity index (χ1) is 23.7. The van der Waals surface area contributed by atoms with Crippen LogP contribution < -0.4 is 33.2 Å². The van der Waals surface area contributed by atoms with E-state index < -0.39 is 60.0 Å². The van der Waals surface area contributed by atoms with E-state index in [0.717, 1.165) is 13.8 Å². The molecular weight excluding hydrogens is 660 g/mol. The van der Waals surface area contributed by atoms with Crippen molar-refractivity contribution in [2.45, 2.75) is 59.0 Å². The molecule has 15 heteroatoms. The van der Waals surface area contributed by atoms with Gasteiger partial charge in [-0.2, -0.15) is 0 Å². The van der Waals surface area contributed by atoms with Gasteiger partial charge in [-0.1, -0.05) is 12.1 Å². The first-order valence-electron chi connectivity index (χ1n) is 15.1. The van der Waals surface area contributed by atoms with Gasteiger partial charge in [0.2, 0.25) is 11.9 Å². The van der Waals surface area contributed by atoms with Gasteiger partial charge in [0.15, 0.2) is 41.3 Å². The minimum atomic E-state index is -1.54. The Balaban J connectivity index is 1.56. The van der Waals surface area contributed by atoms with Gasteiger partial charge in [-0.25, -0.2) is 0 Å². The van der Waals surface area contributed by atoms with Crippen LogP contribution in [0.15, 0.2) is 48.5 Å². The highest BCUT2D eigenvalue weighted by atomic mass is 16.6. The fourth-order valence-corrected chi connectivity index (χ4v) is 5.41. The molecule has 0 spiro atoms. The SMILES string of the molecule is COc1cc([C@H]2Oc3cc([C@H]4Oc5cc(OC(C)=O)cc(OC(C)=O)c5C(=O)[C@H]4OC(C)=O)ccc3O[C@@H]2COC(C)=O)ccc1OC(C)=O. The first-order valence-corrected chi connectivity index (χ1v) is 15.1. The van der Waals surface area contributed by atoms with Crippen molar-refractivity contribution in [3.8, 4) is 40.2 Å². The second-order valence-corrected chi connectivity index (χ2v) is 11.1. The summed E-state index contributed by atoms with van der Waals surface area (Å²) in [5.74, 6) is -3.66. The largest absolute Gasteiger partial charge is 0.493 e. The van der Waals surface area contributed by atoms with Crippen LogP contribution in [0.25, 0.3) is 0 Å². The van der Waals surface area contributed by atoms with Crippen molar-refractivity contribution < 1.29 is 71.4 Å². The topological polar surface area (TPSA) is 185 Å². The van der Waals surface area contributed by atoms with Crippen molar-refractivity contribution in [3.63, 3.8) is 0 Å². The summed E-state index contributed by atoms with van der Waals surface area (Å²) in [6.07, 6.45) is -4.53. The maximum absolute atomic E-state index is 13.9. The number of ether oxygens (including phenoxy) is 9. The van der Waals surface area contributed by atoms with Gasteiger partial charge in [0.1, 0.15) is 29.4 Å². The van der Waals surface area contributed by atoms with E-state index in [2.05, 4.69) is 0 Å². The Kier molecular flexibility index (Phi) is 10.2. The molecule has 0 unspecified atom stereocenters. The number of benzene rings is 3. The lowest BCUT2D eigenvalue weighted by atomic mass is 9.92. The quantitative estimate of drug-likeness (QED) is 0.230. The zero-order valence-corrected chi connectivity index (χ0v) is 27.8. The van der Waals surface area contributed by atoms with Gasteiger partial charge in [-0.3, -0.25) is 28.8 Å². The Bertz CT molecular complexity index is 1880. The molecule has 0 fully saturated rings. The van der Waals surface area contributed by atoms with Crippen LogP contribution in [-0.2, 0) is 33.4 Å². The predicted molar refractivity (Wildman–Crippen MR) is 167 cm³/mol. The minimum Gasteiger partial charge on any atom is -0.493 e. The van der Waals surface area contributed by atoms with Gasteiger partial charge in [0.05, 0.1) is 7.11 Å². The molecule has 0 radical (unpaired) electrons. The molecule has 2 aliphatic heterocycles. The van der Waals surface area contributed by atoms with Gasteiger partial charge in [-0.15, -0.1) is 0 Å². The maximum atomic E-state index is 13.9. The second-order valence-electron chi connectivity index (χ2n) is 11.1. The van der Waals surface area contributed by atoms with Gasteiger partial charge in [-0.05, 0) is 24.3 Å². The molecule has 15 nitrogen and oxygen atoms in total. The highest BCUT2D eigenvalue weighted by molar-refractivity contribution is 6.07. The summed E-state index contributed by atoms with van der Waals surface area (Å²) in [5, 5.41) is 0. The van der Waals surface area contributed by atoms with Crippen molar-refractivity contribution >= 4 is 35.6 Å². The normalized spacial score (nSPS) is 18.8. The fourth-order valence-electron chi connectivity index (χ4n) is 5.41. The number of fused-ring (bicyclic) bond motifs is 2. The van der Waals surface area contributed by atoms with E-state index in [1.807, 2.05) is 0 Å². The van der Waals surface area contributed by atoms with Crippen LogP contribution in [0.1, 0.15) is 68.3 Å². The number of rotatable bonds is 9. The molecular formula is C35H32O15. The molecule has 0 aliphatic carbocycles. The predicted octanol–water partition coefficient (Wildman–Crippen LogP) is 4.16. The molecule has 5 rings (SSSR count). The average molecular weight is 693 g/mol. The molecule has 0 aromatic heterocycles. The summed E-state index contributed by atoms with van der Waals surface area (Å²) in [7, 11) is 1.40. The smallest absolute Gasteiger partial charge is 0.308 e. The molecule has 0 N–H and O–H groups in total. The van der Waals surface area contributed by atoms with Crippen molar-refractivity contribution in [1.82, 2.24) is 0 Å². The average Bonchev–Trinajstić information content (AvgIpc) is 3.03. The molecule has 0 bridgehead atoms. The summed E-state index contributed by atoms with van der Waals surface area (Å²) in [6.45, 7) is 5.73. The van der Waals surface area contributed by atoms with Crippen LogP contribution in [0.5, 0.6) is 40.2 Å². The molecule has 50 heavy (non-hydrogen) atoms. The molecule has 2 aliphatic rings. The molecule has 3 aromatic carbocycles. The van der Waals surface area contributed by atoms with Gasteiger partial charge >= 0.3 is 29.8 Å². The van der Waals surface area contributed by atoms with E-state index in [9.17, 15) is 28.8 Å². The van der Waals surface area contributed by atoms with Gasteiger partial charge in [0.25, 0.3) is 0 Å². The Morgan fingerprint density at radius 1 is 0.620 bits per heavy atom. The lowest BCUT2D eigenvalue weighted by Gasteiger charge is -2.36. The Morgan fingerprint density at radius 3 is 1.90 bits per heavy atom. The van der Waals surface area contributed by atoms with Crippen molar-refractivity contribution in [2.75, 3.05) is 13.7 Å². The summed E-state index contributed by atoms with van der Waals surface area (Å²) in [4.78, 5) is 73.0. The zero-order valence-electron chi connectivity index (χ0n) is 27.8. The van der Waals surface area contributed by atoms with Crippen LogP contribution in [0, 0.1) is 0 Å². The number of carbonyl (C=O) groups is 6. The number of Topliss-reactive ketones (excluding diaryl/α,β-unsaturated/α-hetero) is 1. The van der Waals surface area contributed by atoms with Crippen LogP contribution >= 0.6 is 0 Å². The van der Waals surface area contributed by atoms with Crippen LogP contribution in [-0.4, -0.2) is 61.6 Å². The van der Waals surface area contributed by atoms with E-state index >= 15 is 0 Å². The molecule has 0 saturated carbocycles. The number of ketones is 1. The van der Waals surface area contributed by atoms with E-state index in [-0.39, 0.29) is 52.4 Å². The number of methoxy groups -OCH3 is 1. The molecule has 3 aromatic rings. The lowest BCUT2D eigenvalue weighted by molar-refractivity contribution is -0.149. The third kappa shape index (κ3) is 7.77. The molecule has 2 heterocycles. The van der Waals surface area contributed by atoms with Gasteiger partial charge < -0.3 is 42.6 Å². The Labute approximate surface area is 285 Å². The summed E-state index contributed by atoms with van der Waals surface area (Å²) < 4.78 is 50.6. The zero-order chi connectivity index (χ0) is 36.3. The van der Waals surface area contributed by atoms with Crippen molar-refractivity contribution in [1.29, 1.82) is 0 Å². The fraction of sp³-hybridized carbons (Fsp3) is 0.314. The third-order valence-electron chi connectivity index (χ3n) is 7.27. The van der Waals surface area contributed by atoms with Crippen LogP contribution in [0.4, 0.5) is 0 Å². The number of hydrogen-bond acceptors (Lipinski definition) is 15. The summed E-state index contributed by atoms with van der Waals surface area (Å²) in [6, 6.07) is 11.8. The highest BCUT2D eigenvalue weighted by Crippen LogP contribution is 2.47. The molecule has 262 valence electrons. The third-order valence-corrected chi connectivity index (χ3v) is 7.27. The van der Waals surface area contributed by atoms with E-state index in [1.54, 1.807) is 24.3 Å².